The van der Waals surface area contributed by atoms with Crippen molar-refractivity contribution in [2.24, 2.45) is 0 Å². The Hall–Kier alpha value is -2.88. The maximum absolute atomic E-state index is 11.4. The molecule has 0 saturated carbocycles. The van der Waals surface area contributed by atoms with Gasteiger partial charge in [0.15, 0.2) is 5.69 Å². The predicted molar refractivity (Wildman–Crippen MR) is 76.0 cm³/mol. The normalized spacial score (nSPS) is 10.4. The molecule has 1 aromatic heterocycles. The highest BCUT2D eigenvalue weighted by molar-refractivity contribution is 5.87. The molecule has 0 bridgehead atoms. The highest BCUT2D eigenvalue weighted by Gasteiger charge is 2.17. The van der Waals surface area contributed by atoms with Crippen LogP contribution in [0.3, 0.4) is 0 Å². The van der Waals surface area contributed by atoms with Crippen LogP contribution < -0.4 is 0 Å². The molecule has 0 spiro atoms. The summed E-state index contributed by atoms with van der Waals surface area (Å²) in [6, 6.07) is 18.9. The van der Waals surface area contributed by atoms with E-state index in [-0.39, 0.29) is 5.69 Å². The Labute approximate surface area is 116 Å². The van der Waals surface area contributed by atoms with Crippen LogP contribution in [0.4, 0.5) is 0 Å². The summed E-state index contributed by atoms with van der Waals surface area (Å²) in [4.78, 5) is 15.6. The van der Waals surface area contributed by atoms with Crippen molar-refractivity contribution in [1.29, 1.82) is 0 Å². The molecule has 0 fully saturated rings. The minimum absolute atomic E-state index is 0.148. The predicted octanol–water partition coefficient (Wildman–Crippen LogP) is 3.24. The van der Waals surface area contributed by atoms with Crippen LogP contribution in [0.1, 0.15) is 10.5 Å². The van der Waals surface area contributed by atoms with Crippen LogP contribution in [-0.4, -0.2) is 20.6 Å². The highest BCUT2D eigenvalue weighted by atomic mass is 16.4. The minimum atomic E-state index is -0.997. The summed E-state index contributed by atoms with van der Waals surface area (Å²) in [7, 11) is 0. The number of hydrogen-bond donors (Lipinski definition) is 1. The molecule has 1 heterocycles. The molecule has 3 aromatic rings. The molecule has 0 amide bonds. The zero-order chi connectivity index (χ0) is 13.9. The maximum atomic E-state index is 11.4. The second-order valence-electron chi connectivity index (χ2n) is 4.31. The van der Waals surface area contributed by atoms with Crippen molar-refractivity contribution in [3.05, 3.63) is 72.6 Å². The van der Waals surface area contributed by atoms with Crippen LogP contribution in [0.15, 0.2) is 66.9 Å². The van der Waals surface area contributed by atoms with E-state index in [0.717, 1.165) is 11.3 Å². The Balaban J connectivity index is 2.25. The van der Waals surface area contributed by atoms with Gasteiger partial charge in [-0.3, -0.25) is 4.57 Å². The van der Waals surface area contributed by atoms with Gasteiger partial charge in [0.25, 0.3) is 0 Å². The van der Waals surface area contributed by atoms with Gasteiger partial charge in [-0.05, 0) is 12.1 Å². The zero-order valence-electron chi connectivity index (χ0n) is 10.6. The average Bonchev–Trinajstić information content (AvgIpc) is 2.94. The third-order valence-corrected chi connectivity index (χ3v) is 3.03. The van der Waals surface area contributed by atoms with Gasteiger partial charge >= 0.3 is 5.97 Å². The van der Waals surface area contributed by atoms with E-state index < -0.39 is 5.97 Å². The Morgan fingerprint density at radius 3 is 2.15 bits per heavy atom. The highest BCUT2D eigenvalue weighted by Crippen LogP contribution is 2.23. The topological polar surface area (TPSA) is 55.1 Å². The number of imidazole rings is 1. The molecule has 4 nitrogen and oxygen atoms in total. The van der Waals surface area contributed by atoms with E-state index in [0.29, 0.717) is 5.82 Å². The second-order valence-corrected chi connectivity index (χ2v) is 4.31. The van der Waals surface area contributed by atoms with Gasteiger partial charge in [-0.2, -0.15) is 0 Å². The number of carboxylic acid groups (broad SMARTS) is 1. The van der Waals surface area contributed by atoms with Crippen molar-refractivity contribution in [2.75, 3.05) is 0 Å². The van der Waals surface area contributed by atoms with Crippen molar-refractivity contribution in [1.82, 2.24) is 9.55 Å². The maximum Gasteiger partial charge on any atom is 0.354 e. The van der Waals surface area contributed by atoms with Crippen molar-refractivity contribution < 1.29 is 9.90 Å². The van der Waals surface area contributed by atoms with E-state index in [9.17, 15) is 9.90 Å². The number of rotatable bonds is 3. The first-order valence-electron chi connectivity index (χ1n) is 6.19. The molecule has 3 rings (SSSR count). The number of benzene rings is 2. The second kappa shape index (κ2) is 5.01. The first kappa shape index (κ1) is 12.2. The summed E-state index contributed by atoms with van der Waals surface area (Å²) in [6.45, 7) is 0. The van der Waals surface area contributed by atoms with Gasteiger partial charge in [-0.25, -0.2) is 9.78 Å². The molecule has 1 N–H and O–H groups in total. The van der Waals surface area contributed by atoms with E-state index in [4.69, 9.17) is 0 Å². The molecule has 98 valence electrons. The van der Waals surface area contributed by atoms with Gasteiger partial charge in [0, 0.05) is 11.3 Å². The molecule has 0 atom stereocenters. The molecule has 0 aliphatic carbocycles. The molecule has 2 aromatic carbocycles. The molecule has 0 radical (unpaired) electrons. The lowest BCUT2D eigenvalue weighted by Gasteiger charge is -2.10. The Bertz CT molecular complexity index is 734. The van der Waals surface area contributed by atoms with Crippen molar-refractivity contribution in [3.63, 3.8) is 0 Å². The fraction of sp³-hybridized carbons (Fsp3) is 0. The standard InChI is InChI=1S/C16H12N2O2/c19-16(20)14-11-17-15(12-7-3-1-4-8-12)18(14)13-9-5-2-6-10-13/h1-11H,(H,19,20). The summed E-state index contributed by atoms with van der Waals surface area (Å²) >= 11 is 0. The minimum Gasteiger partial charge on any atom is -0.477 e. The summed E-state index contributed by atoms with van der Waals surface area (Å²) in [5.74, 6) is -0.377. The Kier molecular flexibility index (Phi) is 3.05. The smallest absolute Gasteiger partial charge is 0.354 e. The van der Waals surface area contributed by atoms with E-state index in [1.54, 1.807) is 4.57 Å². The molecular formula is C16H12N2O2. The molecule has 4 heteroatoms. The summed E-state index contributed by atoms with van der Waals surface area (Å²) in [5.41, 5.74) is 1.81. The molecule has 0 aliphatic heterocycles. The number of carboxylic acids is 1. The SMILES string of the molecule is O=C(O)c1cnc(-c2ccccc2)n1-c1ccccc1. The third kappa shape index (κ3) is 2.07. The number of carbonyl (C=O) groups is 1. The fourth-order valence-electron chi connectivity index (χ4n) is 2.13. The number of nitrogens with zero attached hydrogens (tertiary/aromatic N) is 2. The van der Waals surface area contributed by atoms with Crippen LogP contribution in [0, 0.1) is 0 Å². The van der Waals surface area contributed by atoms with E-state index in [1.807, 2.05) is 60.7 Å². The fourth-order valence-corrected chi connectivity index (χ4v) is 2.13. The van der Waals surface area contributed by atoms with Crippen molar-refractivity contribution in [3.8, 4) is 17.1 Å². The molecule has 0 unspecified atom stereocenters. The van der Waals surface area contributed by atoms with Crippen LogP contribution in [0.2, 0.25) is 0 Å². The Morgan fingerprint density at radius 1 is 0.950 bits per heavy atom. The summed E-state index contributed by atoms with van der Waals surface area (Å²) in [5, 5.41) is 9.33. The quantitative estimate of drug-likeness (QED) is 0.790. The van der Waals surface area contributed by atoms with Crippen LogP contribution in [0.25, 0.3) is 17.1 Å². The number of hydrogen-bond acceptors (Lipinski definition) is 2. The molecular weight excluding hydrogens is 252 g/mol. The van der Waals surface area contributed by atoms with Gasteiger partial charge in [-0.1, -0.05) is 48.5 Å². The van der Waals surface area contributed by atoms with Gasteiger partial charge in [0.1, 0.15) is 5.82 Å². The summed E-state index contributed by atoms with van der Waals surface area (Å²) < 4.78 is 1.65. The van der Waals surface area contributed by atoms with Crippen molar-refractivity contribution >= 4 is 5.97 Å². The average molecular weight is 264 g/mol. The Morgan fingerprint density at radius 2 is 1.55 bits per heavy atom. The third-order valence-electron chi connectivity index (χ3n) is 3.03. The molecule has 20 heavy (non-hydrogen) atoms. The monoisotopic (exact) mass is 264 g/mol. The lowest BCUT2D eigenvalue weighted by molar-refractivity contribution is 0.0688. The van der Waals surface area contributed by atoms with E-state index >= 15 is 0 Å². The molecule has 0 saturated heterocycles. The largest absolute Gasteiger partial charge is 0.477 e. The number of para-hydroxylation sites is 1. The number of aromatic carboxylic acids is 1. The lowest BCUT2D eigenvalue weighted by atomic mass is 10.2. The van der Waals surface area contributed by atoms with Crippen molar-refractivity contribution in [2.45, 2.75) is 0 Å². The number of aromatic nitrogens is 2. The van der Waals surface area contributed by atoms with Gasteiger partial charge in [0.2, 0.25) is 0 Å². The lowest BCUT2D eigenvalue weighted by Crippen LogP contribution is -2.07. The zero-order valence-corrected chi connectivity index (χ0v) is 10.6. The molecule has 0 aliphatic rings. The van der Waals surface area contributed by atoms with E-state index in [2.05, 4.69) is 4.98 Å². The first-order valence-corrected chi connectivity index (χ1v) is 6.19. The van der Waals surface area contributed by atoms with Crippen LogP contribution >= 0.6 is 0 Å². The van der Waals surface area contributed by atoms with E-state index in [1.165, 1.54) is 6.20 Å². The van der Waals surface area contributed by atoms with Gasteiger partial charge in [-0.15, -0.1) is 0 Å². The van der Waals surface area contributed by atoms with Gasteiger partial charge in [0.05, 0.1) is 6.20 Å². The van der Waals surface area contributed by atoms with Crippen LogP contribution in [-0.2, 0) is 0 Å². The van der Waals surface area contributed by atoms with Gasteiger partial charge < -0.3 is 5.11 Å². The first-order chi connectivity index (χ1) is 9.77. The summed E-state index contributed by atoms with van der Waals surface area (Å²) in [6.07, 6.45) is 1.39. The van der Waals surface area contributed by atoms with Crippen LogP contribution in [0.5, 0.6) is 0 Å².